The summed E-state index contributed by atoms with van der Waals surface area (Å²) in [6.45, 7) is 4.09. The SMILES string of the molecule is CCc1cc(C)c2c(c1N)NC(=O)C2. The standard InChI is InChI=1S/C11H14N2O/c1-3-7-4-6(2)8-5-9(14)13-11(8)10(7)12/h4H,3,5,12H2,1-2H3,(H,13,14). The Labute approximate surface area is 83.3 Å². The molecule has 0 bridgehead atoms. The van der Waals surface area contributed by atoms with Crippen LogP contribution in [-0.2, 0) is 17.6 Å². The number of hydrogen-bond donors (Lipinski definition) is 2. The average molecular weight is 190 g/mol. The van der Waals surface area contributed by atoms with Crippen molar-refractivity contribution in [1.82, 2.24) is 0 Å². The Morgan fingerprint density at radius 1 is 1.57 bits per heavy atom. The third kappa shape index (κ3) is 1.16. The fraction of sp³-hybridized carbons (Fsp3) is 0.364. The van der Waals surface area contributed by atoms with E-state index in [1.54, 1.807) is 0 Å². The van der Waals surface area contributed by atoms with Gasteiger partial charge in [-0.15, -0.1) is 0 Å². The lowest BCUT2D eigenvalue weighted by molar-refractivity contribution is -0.115. The lowest BCUT2D eigenvalue weighted by atomic mass is 9.99. The van der Waals surface area contributed by atoms with Crippen LogP contribution in [0.25, 0.3) is 0 Å². The lowest BCUT2D eigenvalue weighted by Gasteiger charge is -2.11. The Morgan fingerprint density at radius 2 is 2.29 bits per heavy atom. The van der Waals surface area contributed by atoms with Crippen molar-refractivity contribution >= 4 is 17.3 Å². The third-order valence-electron chi connectivity index (χ3n) is 2.77. The number of nitrogens with one attached hydrogen (secondary N) is 1. The molecule has 0 saturated heterocycles. The van der Waals surface area contributed by atoms with Gasteiger partial charge in [-0.2, -0.15) is 0 Å². The zero-order valence-corrected chi connectivity index (χ0v) is 8.48. The van der Waals surface area contributed by atoms with Crippen LogP contribution in [-0.4, -0.2) is 5.91 Å². The predicted octanol–water partition coefficient (Wildman–Crippen LogP) is 1.63. The summed E-state index contributed by atoms with van der Waals surface area (Å²) in [5, 5.41) is 2.82. The Balaban J connectivity index is 2.63. The molecular weight excluding hydrogens is 176 g/mol. The van der Waals surface area contributed by atoms with E-state index in [0.29, 0.717) is 6.42 Å². The van der Waals surface area contributed by atoms with E-state index in [-0.39, 0.29) is 5.91 Å². The first-order valence-electron chi connectivity index (χ1n) is 4.84. The largest absolute Gasteiger partial charge is 0.397 e. The van der Waals surface area contributed by atoms with Crippen molar-refractivity contribution in [3.63, 3.8) is 0 Å². The van der Waals surface area contributed by atoms with Crippen molar-refractivity contribution in [2.75, 3.05) is 11.1 Å². The fourth-order valence-corrected chi connectivity index (χ4v) is 1.95. The molecule has 2 rings (SSSR count). The highest BCUT2D eigenvalue weighted by atomic mass is 16.1. The Morgan fingerprint density at radius 3 is 2.93 bits per heavy atom. The van der Waals surface area contributed by atoms with Gasteiger partial charge >= 0.3 is 0 Å². The van der Waals surface area contributed by atoms with Gasteiger partial charge in [-0.05, 0) is 30.0 Å². The topological polar surface area (TPSA) is 55.1 Å². The summed E-state index contributed by atoms with van der Waals surface area (Å²) in [7, 11) is 0. The molecule has 0 saturated carbocycles. The van der Waals surface area contributed by atoms with Crippen LogP contribution in [0.1, 0.15) is 23.6 Å². The van der Waals surface area contributed by atoms with E-state index in [4.69, 9.17) is 5.73 Å². The quantitative estimate of drug-likeness (QED) is 0.661. The second-order valence-corrected chi connectivity index (χ2v) is 3.70. The molecule has 0 fully saturated rings. The van der Waals surface area contributed by atoms with Crippen LogP contribution < -0.4 is 11.1 Å². The van der Waals surface area contributed by atoms with Crippen LogP contribution in [0.5, 0.6) is 0 Å². The van der Waals surface area contributed by atoms with Crippen molar-refractivity contribution in [3.05, 3.63) is 22.8 Å². The molecule has 0 radical (unpaired) electrons. The molecule has 0 atom stereocenters. The maximum absolute atomic E-state index is 11.2. The van der Waals surface area contributed by atoms with Gasteiger partial charge in [0.1, 0.15) is 0 Å². The highest BCUT2D eigenvalue weighted by Crippen LogP contribution is 2.34. The molecule has 3 nitrogen and oxygen atoms in total. The molecular formula is C11H14N2O. The first-order chi connectivity index (χ1) is 6.63. The number of rotatable bonds is 1. The number of fused-ring (bicyclic) bond motifs is 1. The zero-order valence-electron chi connectivity index (χ0n) is 8.48. The summed E-state index contributed by atoms with van der Waals surface area (Å²) in [5.74, 6) is 0.0445. The van der Waals surface area contributed by atoms with Gasteiger partial charge in [0.15, 0.2) is 0 Å². The van der Waals surface area contributed by atoms with Crippen molar-refractivity contribution < 1.29 is 4.79 Å². The summed E-state index contributed by atoms with van der Waals surface area (Å²) in [6.07, 6.45) is 1.37. The second kappa shape index (κ2) is 3.01. The molecule has 3 heteroatoms. The minimum Gasteiger partial charge on any atom is -0.397 e. The lowest BCUT2D eigenvalue weighted by Crippen LogP contribution is -2.05. The van der Waals surface area contributed by atoms with Gasteiger partial charge < -0.3 is 11.1 Å². The number of hydrogen-bond acceptors (Lipinski definition) is 2. The predicted molar refractivity (Wildman–Crippen MR) is 57.3 cm³/mol. The number of carbonyl (C=O) groups is 1. The van der Waals surface area contributed by atoms with E-state index in [1.165, 1.54) is 0 Å². The minimum absolute atomic E-state index is 0.0445. The summed E-state index contributed by atoms with van der Waals surface area (Å²) in [6, 6.07) is 2.08. The molecule has 3 N–H and O–H groups in total. The molecule has 0 aromatic heterocycles. The number of benzene rings is 1. The fourth-order valence-electron chi connectivity index (χ4n) is 1.95. The van der Waals surface area contributed by atoms with Crippen LogP contribution in [0.15, 0.2) is 6.07 Å². The summed E-state index contributed by atoms with van der Waals surface area (Å²) >= 11 is 0. The van der Waals surface area contributed by atoms with E-state index in [1.807, 2.05) is 6.92 Å². The number of nitrogens with two attached hydrogens (primary N) is 1. The molecule has 0 unspecified atom stereocenters. The molecule has 1 aliphatic rings. The first kappa shape index (κ1) is 9.06. The first-order valence-corrected chi connectivity index (χ1v) is 4.84. The zero-order chi connectivity index (χ0) is 10.3. The number of anilines is 2. The molecule has 1 heterocycles. The maximum Gasteiger partial charge on any atom is 0.228 e. The number of carbonyl (C=O) groups excluding carboxylic acids is 1. The summed E-state index contributed by atoms with van der Waals surface area (Å²) in [4.78, 5) is 11.2. The van der Waals surface area contributed by atoms with Gasteiger partial charge in [-0.1, -0.05) is 13.0 Å². The molecule has 0 aliphatic carbocycles. The highest BCUT2D eigenvalue weighted by molar-refractivity contribution is 6.03. The maximum atomic E-state index is 11.2. The van der Waals surface area contributed by atoms with E-state index in [0.717, 1.165) is 34.5 Å². The van der Waals surface area contributed by atoms with Crippen LogP contribution >= 0.6 is 0 Å². The molecule has 1 aromatic carbocycles. The molecule has 0 spiro atoms. The van der Waals surface area contributed by atoms with Crippen molar-refractivity contribution in [2.45, 2.75) is 26.7 Å². The molecule has 14 heavy (non-hydrogen) atoms. The van der Waals surface area contributed by atoms with E-state index < -0.39 is 0 Å². The van der Waals surface area contributed by atoms with Crippen LogP contribution in [0.2, 0.25) is 0 Å². The number of nitrogen functional groups attached to an aromatic ring is 1. The van der Waals surface area contributed by atoms with Crippen molar-refractivity contribution in [2.24, 2.45) is 0 Å². The van der Waals surface area contributed by atoms with E-state index in [9.17, 15) is 4.79 Å². The summed E-state index contributed by atoms with van der Waals surface area (Å²) < 4.78 is 0. The highest BCUT2D eigenvalue weighted by Gasteiger charge is 2.23. The molecule has 1 amide bonds. The number of amides is 1. The van der Waals surface area contributed by atoms with E-state index >= 15 is 0 Å². The van der Waals surface area contributed by atoms with Gasteiger partial charge in [0.25, 0.3) is 0 Å². The normalized spacial score (nSPS) is 14.0. The van der Waals surface area contributed by atoms with Crippen LogP contribution in [0.4, 0.5) is 11.4 Å². The van der Waals surface area contributed by atoms with Gasteiger partial charge in [0, 0.05) is 0 Å². The molecule has 74 valence electrons. The molecule has 1 aliphatic heterocycles. The van der Waals surface area contributed by atoms with Gasteiger partial charge in [0.2, 0.25) is 5.91 Å². The van der Waals surface area contributed by atoms with Gasteiger partial charge in [0.05, 0.1) is 17.8 Å². The van der Waals surface area contributed by atoms with Crippen molar-refractivity contribution in [3.8, 4) is 0 Å². The summed E-state index contributed by atoms with van der Waals surface area (Å²) in [5.41, 5.74) is 10.9. The Bertz CT molecular complexity index is 410. The van der Waals surface area contributed by atoms with Crippen LogP contribution in [0, 0.1) is 6.92 Å². The second-order valence-electron chi connectivity index (χ2n) is 3.70. The monoisotopic (exact) mass is 190 g/mol. The number of aryl methyl sites for hydroxylation is 2. The third-order valence-corrected chi connectivity index (χ3v) is 2.77. The van der Waals surface area contributed by atoms with Crippen LogP contribution in [0.3, 0.4) is 0 Å². The Kier molecular flexibility index (Phi) is 1.95. The van der Waals surface area contributed by atoms with Gasteiger partial charge in [-0.25, -0.2) is 0 Å². The van der Waals surface area contributed by atoms with Gasteiger partial charge in [-0.3, -0.25) is 4.79 Å². The average Bonchev–Trinajstić information content (AvgIpc) is 2.54. The van der Waals surface area contributed by atoms with Crippen molar-refractivity contribution in [1.29, 1.82) is 0 Å². The Hall–Kier alpha value is -1.51. The minimum atomic E-state index is 0.0445. The van der Waals surface area contributed by atoms with E-state index in [2.05, 4.69) is 18.3 Å². The molecule has 1 aromatic rings. The smallest absolute Gasteiger partial charge is 0.228 e.